The first-order chi connectivity index (χ1) is 8.08. The summed E-state index contributed by atoms with van der Waals surface area (Å²) in [6.45, 7) is 3.65. The monoisotopic (exact) mass is 254 g/mol. The number of terminal acetylenes is 1. The maximum atomic E-state index is 12.4. The Kier molecular flexibility index (Phi) is 8.19. The molecule has 0 saturated heterocycles. The van der Waals surface area contributed by atoms with E-state index in [1.807, 2.05) is 38.2 Å². The van der Waals surface area contributed by atoms with E-state index < -0.39 is 13.1 Å². The first-order valence-electron chi connectivity index (χ1n) is 5.46. The second-order valence-electron chi connectivity index (χ2n) is 3.58. The van der Waals surface area contributed by atoms with Crippen molar-refractivity contribution >= 4 is 13.1 Å². The normalized spacial score (nSPS) is 14.6. The lowest BCUT2D eigenvalue weighted by atomic mass is 10.6. The van der Waals surface area contributed by atoms with E-state index in [2.05, 4.69) is 5.92 Å². The zero-order valence-electron chi connectivity index (χ0n) is 10.4. The highest BCUT2D eigenvalue weighted by molar-refractivity contribution is 7.65. The van der Waals surface area contributed by atoms with Gasteiger partial charge in [-0.05, 0) is 13.8 Å². The van der Waals surface area contributed by atoms with E-state index in [4.69, 9.17) is 11.2 Å². The minimum atomic E-state index is -2.57. The molecule has 0 bridgehead atoms. The second-order valence-corrected chi connectivity index (χ2v) is 6.75. The third kappa shape index (κ3) is 7.60. The Morgan fingerprint density at radius 1 is 1.29 bits per heavy atom. The van der Waals surface area contributed by atoms with Gasteiger partial charge in [0.25, 0.3) is 0 Å². The van der Waals surface area contributed by atoms with Crippen molar-refractivity contribution in [3.63, 3.8) is 0 Å². The summed E-state index contributed by atoms with van der Waals surface area (Å²) < 4.78 is 17.2. The van der Waals surface area contributed by atoms with Crippen LogP contribution in [-0.2, 0) is 14.1 Å². The molecule has 0 aliphatic heterocycles. The lowest BCUT2D eigenvalue weighted by Crippen LogP contribution is -2.12. The lowest BCUT2D eigenvalue weighted by molar-refractivity contribution is -0.139. The molecule has 3 nitrogen and oxygen atoms in total. The van der Waals surface area contributed by atoms with Gasteiger partial charge in [0, 0.05) is 12.3 Å². The quantitative estimate of drug-likeness (QED) is 0.303. The molecule has 0 aliphatic rings. The molecule has 0 amide bonds. The molecule has 0 aromatic heterocycles. The van der Waals surface area contributed by atoms with Crippen molar-refractivity contribution in [3.05, 3.63) is 24.3 Å². The fraction of sp³-hybridized carbons (Fsp3) is 0.462. The first kappa shape index (κ1) is 15.7. The Hall–Kier alpha value is -1.26. The van der Waals surface area contributed by atoms with E-state index in [-0.39, 0.29) is 12.8 Å². The van der Waals surface area contributed by atoms with Gasteiger partial charge >= 0.3 is 5.97 Å². The summed E-state index contributed by atoms with van der Waals surface area (Å²) in [4.78, 5) is 11.4. The molecule has 0 atom stereocenters. The minimum absolute atomic E-state index is 0.0522. The number of allylic oxidation sites excluding steroid dienone is 4. The summed E-state index contributed by atoms with van der Waals surface area (Å²) in [7, 11) is -2.57. The van der Waals surface area contributed by atoms with E-state index in [0.717, 1.165) is 0 Å². The molecule has 0 heterocycles. The maximum absolute atomic E-state index is 12.4. The highest BCUT2D eigenvalue weighted by Crippen LogP contribution is 2.45. The molecule has 0 aromatic rings. The van der Waals surface area contributed by atoms with Crippen LogP contribution in [0.5, 0.6) is 0 Å². The van der Waals surface area contributed by atoms with Crippen LogP contribution in [0.2, 0.25) is 0 Å². The molecule has 0 aliphatic carbocycles. The van der Waals surface area contributed by atoms with Gasteiger partial charge in [-0.25, -0.2) is 0 Å². The topological polar surface area (TPSA) is 43.4 Å². The Morgan fingerprint density at radius 2 is 1.82 bits per heavy atom. The molecule has 0 rings (SSSR count). The van der Waals surface area contributed by atoms with Gasteiger partial charge in [0.15, 0.2) is 6.61 Å². The highest BCUT2D eigenvalue weighted by atomic mass is 31.2. The predicted octanol–water partition coefficient (Wildman–Crippen LogP) is 2.68. The Labute approximate surface area is 103 Å². The summed E-state index contributed by atoms with van der Waals surface area (Å²) in [6.07, 6.45) is 13.1. The Morgan fingerprint density at radius 3 is 2.24 bits per heavy atom. The van der Waals surface area contributed by atoms with E-state index in [9.17, 15) is 9.36 Å². The summed E-state index contributed by atoms with van der Waals surface area (Å²) in [5, 5.41) is 0. The van der Waals surface area contributed by atoms with Crippen molar-refractivity contribution < 1.29 is 14.1 Å². The summed E-state index contributed by atoms with van der Waals surface area (Å²) >= 11 is 0. The number of hydrogen-bond donors (Lipinski definition) is 0. The molecule has 0 unspecified atom stereocenters. The van der Waals surface area contributed by atoms with Gasteiger partial charge in [0.1, 0.15) is 7.14 Å². The van der Waals surface area contributed by atoms with Crippen molar-refractivity contribution in [2.24, 2.45) is 0 Å². The molecule has 4 heteroatoms. The smallest absolute Gasteiger partial charge is 0.314 e. The third-order valence-corrected chi connectivity index (χ3v) is 4.67. The third-order valence-electron chi connectivity index (χ3n) is 2.08. The molecule has 0 spiro atoms. The van der Waals surface area contributed by atoms with Gasteiger partial charge < -0.3 is 9.30 Å². The molecule has 17 heavy (non-hydrogen) atoms. The largest absolute Gasteiger partial charge is 0.452 e. The second kappa shape index (κ2) is 8.84. The van der Waals surface area contributed by atoms with Crippen LogP contribution in [0.1, 0.15) is 13.8 Å². The molecule has 0 N–H and O–H groups in total. The summed E-state index contributed by atoms with van der Waals surface area (Å²) in [6, 6.07) is 0. The minimum Gasteiger partial charge on any atom is -0.452 e. The van der Waals surface area contributed by atoms with E-state index >= 15 is 0 Å². The lowest BCUT2D eigenvalue weighted by Gasteiger charge is -2.13. The van der Waals surface area contributed by atoms with Crippen molar-refractivity contribution in [3.8, 4) is 12.3 Å². The van der Waals surface area contributed by atoms with Gasteiger partial charge in [-0.2, -0.15) is 0 Å². The summed E-state index contributed by atoms with van der Waals surface area (Å²) in [5.41, 5.74) is 0. The Bertz CT molecular complexity index is 357. The van der Waals surface area contributed by atoms with Crippen LogP contribution in [-0.4, -0.2) is 31.1 Å². The van der Waals surface area contributed by atoms with Gasteiger partial charge in [-0.3, -0.25) is 4.79 Å². The van der Waals surface area contributed by atoms with Crippen molar-refractivity contribution in [1.29, 1.82) is 0 Å². The molecular weight excluding hydrogens is 235 g/mol. The molecular formula is C13H19O3P. The van der Waals surface area contributed by atoms with Crippen LogP contribution in [0.3, 0.4) is 0 Å². The van der Waals surface area contributed by atoms with Crippen LogP contribution in [0, 0.1) is 12.3 Å². The van der Waals surface area contributed by atoms with Crippen LogP contribution in [0.25, 0.3) is 0 Å². The maximum Gasteiger partial charge on any atom is 0.314 e. The molecule has 0 saturated carbocycles. The summed E-state index contributed by atoms with van der Waals surface area (Å²) in [5.74, 6) is 1.72. The number of rotatable bonds is 7. The molecule has 0 aromatic carbocycles. The van der Waals surface area contributed by atoms with Gasteiger partial charge in [0.2, 0.25) is 0 Å². The van der Waals surface area contributed by atoms with Crippen LogP contribution >= 0.6 is 7.14 Å². The zero-order chi connectivity index (χ0) is 13.1. The SMILES string of the molecule is C#CCOC(=O)CP(=O)(CC=CC)CC=CC. The van der Waals surface area contributed by atoms with Crippen molar-refractivity contribution in [2.45, 2.75) is 13.8 Å². The number of esters is 1. The van der Waals surface area contributed by atoms with Crippen molar-refractivity contribution in [1.82, 2.24) is 0 Å². The van der Waals surface area contributed by atoms with Crippen molar-refractivity contribution in [2.75, 3.05) is 25.1 Å². The Balaban J connectivity index is 4.53. The van der Waals surface area contributed by atoms with E-state index in [1.54, 1.807) is 0 Å². The van der Waals surface area contributed by atoms with Gasteiger partial charge in [0.05, 0.1) is 6.16 Å². The molecule has 0 radical (unpaired) electrons. The van der Waals surface area contributed by atoms with E-state index in [0.29, 0.717) is 12.3 Å². The highest BCUT2D eigenvalue weighted by Gasteiger charge is 2.23. The van der Waals surface area contributed by atoms with Crippen LogP contribution in [0.4, 0.5) is 0 Å². The average Bonchev–Trinajstić information content (AvgIpc) is 2.31. The number of ether oxygens (including phenoxy) is 1. The average molecular weight is 254 g/mol. The van der Waals surface area contributed by atoms with Gasteiger partial charge in [-0.15, -0.1) is 6.42 Å². The fourth-order valence-electron chi connectivity index (χ4n) is 1.20. The molecule has 0 fully saturated rings. The molecule has 94 valence electrons. The van der Waals surface area contributed by atoms with Gasteiger partial charge in [-0.1, -0.05) is 30.2 Å². The number of carbonyl (C=O) groups is 1. The number of hydrogen-bond acceptors (Lipinski definition) is 3. The number of carbonyl (C=O) groups excluding carboxylic acids is 1. The standard InChI is InChI=1S/C13H19O3P/c1-4-7-10-17(15,11-8-5-2)12-13(14)16-9-6-3/h3-5,7-8H,9-12H2,1-2H3. The fourth-order valence-corrected chi connectivity index (χ4v) is 3.36. The predicted molar refractivity (Wildman–Crippen MR) is 71.6 cm³/mol. The van der Waals surface area contributed by atoms with Crippen LogP contribution in [0.15, 0.2) is 24.3 Å². The first-order valence-corrected chi connectivity index (χ1v) is 7.72. The van der Waals surface area contributed by atoms with Crippen LogP contribution < -0.4 is 0 Å². The zero-order valence-corrected chi connectivity index (χ0v) is 11.3. The van der Waals surface area contributed by atoms with E-state index in [1.165, 1.54) is 0 Å².